The monoisotopic (exact) mass is 388 g/mol. The van der Waals surface area contributed by atoms with E-state index in [1.807, 2.05) is 37.3 Å². The van der Waals surface area contributed by atoms with Crippen LogP contribution in [0.4, 0.5) is 0 Å². The first kappa shape index (κ1) is 20.8. The molecule has 0 radical (unpaired) electrons. The van der Waals surface area contributed by atoms with E-state index in [0.717, 1.165) is 17.5 Å². The van der Waals surface area contributed by atoms with E-state index in [2.05, 4.69) is 0 Å². The SMILES string of the molecule is CCCOC(=O)c1ccc(CS(=O)C(CCc2ccccc2)C(=O)O)cc1. The average molecular weight is 388 g/mol. The van der Waals surface area contributed by atoms with Gasteiger partial charge in [0.1, 0.15) is 5.25 Å². The molecule has 2 rings (SSSR count). The molecule has 0 amide bonds. The van der Waals surface area contributed by atoms with Gasteiger partial charge in [0, 0.05) is 16.6 Å². The molecule has 0 aliphatic carbocycles. The highest BCUT2D eigenvalue weighted by Gasteiger charge is 2.24. The van der Waals surface area contributed by atoms with Crippen LogP contribution in [0.15, 0.2) is 54.6 Å². The number of aryl methyl sites for hydroxylation is 1. The maximum Gasteiger partial charge on any atom is 0.338 e. The van der Waals surface area contributed by atoms with E-state index in [4.69, 9.17) is 4.74 Å². The fourth-order valence-corrected chi connectivity index (χ4v) is 3.92. The van der Waals surface area contributed by atoms with Crippen molar-refractivity contribution in [3.63, 3.8) is 0 Å². The van der Waals surface area contributed by atoms with Gasteiger partial charge in [0.25, 0.3) is 0 Å². The van der Waals surface area contributed by atoms with E-state index in [1.54, 1.807) is 24.3 Å². The summed E-state index contributed by atoms with van der Waals surface area (Å²) in [4.78, 5) is 23.3. The van der Waals surface area contributed by atoms with Crippen LogP contribution in [-0.4, -0.2) is 33.1 Å². The lowest BCUT2D eigenvalue weighted by atomic mass is 10.1. The molecular weight excluding hydrogens is 364 g/mol. The number of carbonyl (C=O) groups is 2. The van der Waals surface area contributed by atoms with Crippen molar-refractivity contribution in [2.24, 2.45) is 0 Å². The van der Waals surface area contributed by atoms with Crippen molar-refractivity contribution in [2.45, 2.75) is 37.2 Å². The van der Waals surface area contributed by atoms with Crippen LogP contribution < -0.4 is 0 Å². The van der Waals surface area contributed by atoms with E-state index in [-0.39, 0.29) is 5.75 Å². The summed E-state index contributed by atoms with van der Waals surface area (Å²) in [6.45, 7) is 2.29. The molecule has 2 atom stereocenters. The van der Waals surface area contributed by atoms with Crippen molar-refractivity contribution in [2.75, 3.05) is 6.61 Å². The van der Waals surface area contributed by atoms with Gasteiger partial charge in [-0.25, -0.2) is 4.79 Å². The Morgan fingerprint density at radius 3 is 2.30 bits per heavy atom. The number of aliphatic carboxylic acids is 1. The number of ether oxygens (including phenoxy) is 1. The maximum absolute atomic E-state index is 12.6. The van der Waals surface area contributed by atoms with Gasteiger partial charge in [0.15, 0.2) is 0 Å². The molecule has 0 fully saturated rings. The van der Waals surface area contributed by atoms with Crippen LogP contribution in [0, 0.1) is 0 Å². The third-order valence-corrected chi connectivity index (χ3v) is 5.76. The molecule has 0 spiro atoms. The van der Waals surface area contributed by atoms with Crippen LogP contribution in [0.5, 0.6) is 0 Å². The van der Waals surface area contributed by atoms with Gasteiger partial charge in [-0.15, -0.1) is 0 Å². The Bertz CT molecular complexity index is 771. The van der Waals surface area contributed by atoms with E-state index in [0.29, 0.717) is 25.0 Å². The zero-order chi connectivity index (χ0) is 19.6. The van der Waals surface area contributed by atoms with Crippen LogP contribution >= 0.6 is 0 Å². The molecule has 5 nitrogen and oxygen atoms in total. The number of hydrogen-bond acceptors (Lipinski definition) is 4. The van der Waals surface area contributed by atoms with E-state index in [1.165, 1.54) is 0 Å². The predicted molar refractivity (Wildman–Crippen MR) is 105 cm³/mol. The van der Waals surface area contributed by atoms with Crippen LogP contribution in [-0.2, 0) is 32.5 Å². The largest absolute Gasteiger partial charge is 0.480 e. The number of benzene rings is 2. The Balaban J connectivity index is 1.96. The summed E-state index contributed by atoms with van der Waals surface area (Å²) in [5, 5.41) is 8.51. The van der Waals surface area contributed by atoms with Crippen molar-refractivity contribution >= 4 is 22.7 Å². The minimum absolute atomic E-state index is 0.135. The quantitative estimate of drug-likeness (QED) is 0.629. The highest BCUT2D eigenvalue weighted by atomic mass is 32.2. The molecule has 0 bridgehead atoms. The number of esters is 1. The van der Waals surface area contributed by atoms with E-state index < -0.39 is 28.0 Å². The molecule has 0 saturated carbocycles. The van der Waals surface area contributed by atoms with Gasteiger partial charge in [-0.2, -0.15) is 0 Å². The minimum atomic E-state index is -1.55. The van der Waals surface area contributed by atoms with Crippen LogP contribution in [0.3, 0.4) is 0 Å². The van der Waals surface area contributed by atoms with Crippen molar-refractivity contribution in [3.05, 3.63) is 71.3 Å². The molecule has 0 saturated heterocycles. The zero-order valence-electron chi connectivity index (χ0n) is 15.3. The lowest BCUT2D eigenvalue weighted by Gasteiger charge is -2.13. The van der Waals surface area contributed by atoms with Crippen LogP contribution in [0.1, 0.15) is 41.3 Å². The van der Waals surface area contributed by atoms with Crippen molar-refractivity contribution in [1.29, 1.82) is 0 Å². The van der Waals surface area contributed by atoms with Crippen LogP contribution in [0.25, 0.3) is 0 Å². The zero-order valence-corrected chi connectivity index (χ0v) is 16.1. The second-order valence-electron chi connectivity index (χ2n) is 6.21. The van der Waals surface area contributed by atoms with Gasteiger partial charge < -0.3 is 9.84 Å². The first-order valence-electron chi connectivity index (χ1n) is 8.91. The normalized spacial score (nSPS) is 12.9. The van der Waals surface area contributed by atoms with Gasteiger partial charge in [-0.3, -0.25) is 9.00 Å². The first-order chi connectivity index (χ1) is 13.0. The summed E-state index contributed by atoms with van der Waals surface area (Å²) in [5.74, 6) is -1.31. The number of carboxylic acid groups (broad SMARTS) is 1. The summed E-state index contributed by atoms with van der Waals surface area (Å²) < 4.78 is 17.6. The van der Waals surface area contributed by atoms with Gasteiger partial charge >= 0.3 is 11.9 Å². The summed E-state index contributed by atoms with van der Waals surface area (Å²) >= 11 is 0. The topological polar surface area (TPSA) is 80.7 Å². The Labute approximate surface area is 161 Å². The van der Waals surface area contributed by atoms with Crippen molar-refractivity contribution in [1.82, 2.24) is 0 Å². The molecule has 2 unspecified atom stereocenters. The number of carbonyl (C=O) groups excluding carboxylic acids is 1. The molecule has 0 aliphatic rings. The Kier molecular flexibility index (Phi) is 8.20. The Morgan fingerprint density at radius 1 is 1.04 bits per heavy atom. The van der Waals surface area contributed by atoms with Crippen molar-refractivity contribution < 1.29 is 23.6 Å². The van der Waals surface area contributed by atoms with Gasteiger partial charge in [0.05, 0.1) is 12.2 Å². The van der Waals surface area contributed by atoms with E-state index >= 15 is 0 Å². The fraction of sp³-hybridized carbons (Fsp3) is 0.333. The summed E-state index contributed by atoms with van der Waals surface area (Å²) in [5.41, 5.74) is 2.18. The highest BCUT2D eigenvalue weighted by Crippen LogP contribution is 2.15. The fourth-order valence-electron chi connectivity index (χ4n) is 2.59. The third-order valence-electron chi connectivity index (χ3n) is 4.07. The standard InChI is InChI=1S/C21H24O5S/c1-2-14-26-21(24)18-11-8-17(9-12-18)15-27(25)19(20(22)23)13-10-16-6-4-3-5-7-16/h3-9,11-12,19H,2,10,13-15H2,1H3,(H,22,23). The highest BCUT2D eigenvalue weighted by molar-refractivity contribution is 7.85. The lowest BCUT2D eigenvalue weighted by molar-refractivity contribution is -0.136. The Hall–Kier alpha value is -2.47. The van der Waals surface area contributed by atoms with E-state index in [9.17, 15) is 18.9 Å². The number of carboxylic acids is 1. The van der Waals surface area contributed by atoms with Gasteiger partial charge in [-0.05, 0) is 42.5 Å². The predicted octanol–water partition coefficient (Wildman–Crippen LogP) is 3.59. The first-order valence-corrected chi connectivity index (χ1v) is 10.3. The lowest BCUT2D eigenvalue weighted by Crippen LogP contribution is -2.27. The number of rotatable bonds is 10. The van der Waals surface area contributed by atoms with Crippen LogP contribution in [0.2, 0.25) is 0 Å². The molecule has 6 heteroatoms. The second-order valence-corrected chi connectivity index (χ2v) is 7.83. The third kappa shape index (κ3) is 6.64. The summed E-state index contributed by atoms with van der Waals surface area (Å²) in [6, 6.07) is 16.2. The molecule has 2 aromatic carbocycles. The molecule has 0 aromatic heterocycles. The molecule has 0 aliphatic heterocycles. The molecule has 2 aromatic rings. The molecular formula is C21H24O5S. The van der Waals surface area contributed by atoms with Crippen molar-refractivity contribution in [3.8, 4) is 0 Å². The Morgan fingerprint density at radius 2 is 1.70 bits per heavy atom. The van der Waals surface area contributed by atoms with Gasteiger partial charge in [0.2, 0.25) is 0 Å². The average Bonchev–Trinajstić information content (AvgIpc) is 2.67. The second kappa shape index (κ2) is 10.6. The molecule has 27 heavy (non-hydrogen) atoms. The smallest absolute Gasteiger partial charge is 0.338 e. The maximum atomic E-state index is 12.6. The summed E-state index contributed by atoms with van der Waals surface area (Å²) in [6.07, 6.45) is 1.63. The molecule has 144 valence electrons. The number of hydrogen-bond donors (Lipinski definition) is 1. The minimum Gasteiger partial charge on any atom is -0.480 e. The molecule has 0 heterocycles. The summed E-state index contributed by atoms with van der Waals surface area (Å²) in [7, 11) is -1.55. The molecule has 1 N–H and O–H groups in total. The van der Waals surface area contributed by atoms with Gasteiger partial charge in [-0.1, -0.05) is 49.4 Å².